The number of hydrazone groups is 1. The Morgan fingerprint density at radius 2 is 2.00 bits per heavy atom. The summed E-state index contributed by atoms with van der Waals surface area (Å²) in [6, 6.07) is 0. The summed E-state index contributed by atoms with van der Waals surface area (Å²) in [5.41, 5.74) is 2.67. The summed E-state index contributed by atoms with van der Waals surface area (Å²) >= 11 is 0. The van der Waals surface area contributed by atoms with Gasteiger partial charge in [0, 0.05) is 29.5 Å². The van der Waals surface area contributed by atoms with Crippen molar-refractivity contribution in [3.05, 3.63) is 24.4 Å². The molecule has 0 amide bonds. The van der Waals surface area contributed by atoms with Gasteiger partial charge in [-0.05, 0) is 12.2 Å². The largest absolute Gasteiger partial charge is 0.286 e. The molecule has 2 nitrogen and oxygen atoms in total. The third-order valence-corrected chi connectivity index (χ3v) is 0.628. The van der Waals surface area contributed by atoms with Crippen LogP contribution >= 0.6 is 0 Å². The molecule has 47 valence electrons. The van der Waals surface area contributed by atoms with Gasteiger partial charge in [-0.1, -0.05) is 6.08 Å². The van der Waals surface area contributed by atoms with Crippen LogP contribution in [0.4, 0.5) is 0 Å². The zero-order valence-electron chi connectivity index (χ0n) is 4.14. The second-order valence-electron chi connectivity index (χ2n) is 1.15. The Hall–Kier alpha value is -0.531. The third-order valence-electron chi connectivity index (χ3n) is 0.628. The van der Waals surface area contributed by atoms with Gasteiger partial charge in [0.15, 0.2) is 0 Å². The predicted molar refractivity (Wildman–Crippen MR) is 29.9 cm³/mol. The van der Waals surface area contributed by atoms with E-state index in [1.807, 2.05) is 18.2 Å². The van der Waals surface area contributed by atoms with Crippen LogP contribution in [0, 0.1) is 0 Å². The van der Waals surface area contributed by atoms with Crippen LogP contribution < -0.4 is 5.43 Å². The topological polar surface area (TPSA) is 24.4 Å². The van der Waals surface area contributed by atoms with Crippen molar-refractivity contribution in [2.75, 3.05) is 0 Å². The summed E-state index contributed by atoms with van der Waals surface area (Å²) in [5, 5.41) is 3.72. The summed E-state index contributed by atoms with van der Waals surface area (Å²) in [7, 11) is 0. The van der Waals surface area contributed by atoms with Gasteiger partial charge in [-0.3, -0.25) is 5.43 Å². The summed E-state index contributed by atoms with van der Waals surface area (Å²) in [4.78, 5) is 0. The van der Waals surface area contributed by atoms with Crippen LogP contribution in [-0.2, 0) is 17.1 Å². The van der Waals surface area contributed by atoms with E-state index < -0.39 is 0 Å². The molecule has 1 N–H and O–H groups in total. The summed E-state index contributed by atoms with van der Waals surface area (Å²) in [6.07, 6.45) is 9.10. The minimum atomic E-state index is 0. The van der Waals surface area contributed by atoms with Crippen LogP contribution in [0.15, 0.2) is 29.5 Å². The van der Waals surface area contributed by atoms with Crippen molar-refractivity contribution in [2.45, 2.75) is 0 Å². The van der Waals surface area contributed by atoms with Gasteiger partial charge < -0.3 is 0 Å². The zero-order valence-corrected chi connectivity index (χ0v) is 5.08. The normalized spacial score (nSPS) is 14.0. The maximum atomic E-state index is 3.72. The molecule has 8 heavy (non-hydrogen) atoms. The van der Waals surface area contributed by atoms with Gasteiger partial charge in [-0.2, -0.15) is 5.10 Å². The first-order chi connectivity index (χ1) is 3.50. The first-order valence-electron chi connectivity index (χ1n) is 2.10. The second kappa shape index (κ2) is 4.62. The van der Waals surface area contributed by atoms with Crippen LogP contribution in [0.5, 0.6) is 0 Å². The fraction of sp³-hybridized carbons (Fsp3) is 0. The molecule has 1 aliphatic heterocycles. The third kappa shape index (κ3) is 2.61. The molecule has 1 radical (unpaired) electrons. The van der Waals surface area contributed by atoms with Crippen LogP contribution in [-0.4, -0.2) is 6.21 Å². The van der Waals surface area contributed by atoms with E-state index in [1.54, 1.807) is 12.4 Å². The van der Waals surface area contributed by atoms with E-state index in [9.17, 15) is 0 Å². The molecular formula is C5H6CuN2. The van der Waals surface area contributed by atoms with E-state index in [0.717, 1.165) is 0 Å². The smallest absolute Gasteiger partial charge is 0.0472 e. The SMILES string of the molecule is C1=CC=NNC=C1.[Cu]. The minimum absolute atomic E-state index is 0. The fourth-order valence-corrected chi connectivity index (χ4v) is 0.342. The number of rotatable bonds is 0. The maximum Gasteiger partial charge on any atom is 0.0472 e. The molecule has 0 aromatic heterocycles. The molecule has 0 aromatic rings. The summed E-state index contributed by atoms with van der Waals surface area (Å²) in [6.45, 7) is 0. The fourth-order valence-electron chi connectivity index (χ4n) is 0.342. The van der Waals surface area contributed by atoms with Gasteiger partial charge in [0.05, 0.1) is 0 Å². The molecule has 0 aliphatic carbocycles. The number of hydrogen-bond acceptors (Lipinski definition) is 2. The van der Waals surface area contributed by atoms with Crippen molar-refractivity contribution >= 4 is 6.21 Å². The predicted octanol–water partition coefficient (Wildman–Crippen LogP) is 0.643. The Morgan fingerprint density at radius 1 is 1.12 bits per heavy atom. The van der Waals surface area contributed by atoms with Gasteiger partial charge in [0.1, 0.15) is 0 Å². The van der Waals surface area contributed by atoms with E-state index in [1.165, 1.54) is 0 Å². The Balaban J connectivity index is 0.000000490. The first kappa shape index (κ1) is 7.47. The molecule has 1 aliphatic rings. The van der Waals surface area contributed by atoms with Crippen LogP contribution in [0.1, 0.15) is 0 Å². The van der Waals surface area contributed by atoms with Crippen molar-refractivity contribution in [3.63, 3.8) is 0 Å². The molecule has 1 rings (SSSR count). The maximum absolute atomic E-state index is 3.72. The molecule has 0 unspecified atom stereocenters. The van der Waals surface area contributed by atoms with Crippen LogP contribution in [0.3, 0.4) is 0 Å². The second-order valence-corrected chi connectivity index (χ2v) is 1.15. The number of hydrogen-bond donors (Lipinski definition) is 1. The average Bonchev–Trinajstić information content (AvgIpc) is 1.90. The Bertz CT molecular complexity index is 112. The Kier molecular flexibility index (Phi) is 4.32. The standard InChI is InChI=1S/C5H6N2.Cu/c1-2-4-6-7-5-3-1;/h1-6H;. The molecular weight excluding hydrogens is 152 g/mol. The van der Waals surface area contributed by atoms with E-state index in [2.05, 4.69) is 10.5 Å². The van der Waals surface area contributed by atoms with Crippen molar-refractivity contribution in [1.82, 2.24) is 5.43 Å². The molecule has 0 spiro atoms. The van der Waals surface area contributed by atoms with Crippen LogP contribution in [0.25, 0.3) is 0 Å². The molecule has 3 heteroatoms. The molecule has 0 fully saturated rings. The van der Waals surface area contributed by atoms with Gasteiger partial charge in [-0.25, -0.2) is 0 Å². The quantitative estimate of drug-likeness (QED) is 0.513. The summed E-state index contributed by atoms with van der Waals surface area (Å²) in [5.74, 6) is 0. The first-order valence-corrected chi connectivity index (χ1v) is 2.10. The van der Waals surface area contributed by atoms with E-state index in [4.69, 9.17) is 0 Å². The Labute approximate surface area is 58.8 Å². The van der Waals surface area contributed by atoms with E-state index in [0.29, 0.717) is 0 Å². The molecule has 0 atom stereocenters. The van der Waals surface area contributed by atoms with E-state index in [-0.39, 0.29) is 17.1 Å². The Morgan fingerprint density at radius 3 is 2.88 bits per heavy atom. The molecule has 0 saturated heterocycles. The van der Waals surface area contributed by atoms with Gasteiger partial charge in [0.2, 0.25) is 0 Å². The number of nitrogens with one attached hydrogen (secondary N) is 1. The van der Waals surface area contributed by atoms with Gasteiger partial charge in [0.25, 0.3) is 0 Å². The monoisotopic (exact) mass is 157 g/mol. The van der Waals surface area contributed by atoms with Crippen molar-refractivity contribution < 1.29 is 17.1 Å². The zero-order chi connectivity index (χ0) is 4.95. The van der Waals surface area contributed by atoms with E-state index >= 15 is 0 Å². The summed E-state index contributed by atoms with van der Waals surface area (Å²) < 4.78 is 0. The number of allylic oxidation sites excluding steroid dienone is 3. The van der Waals surface area contributed by atoms with Crippen LogP contribution in [0.2, 0.25) is 0 Å². The molecule has 0 bridgehead atoms. The molecule has 0 saturated carbocycles. The number of nitrogens with zero attached hydrogens (tertiary/aromatic N) is 1. The molecule has 1 heterocycles. The molecule has 0 aromatic carbocycles. The van der Waals surface area contributed by atoms with Crippen molar-refractivity contribution in [1.29, 1.82) is 0 Å². The van der Waals surface area contributed by atoms with Crippen molar-refractivity contribution in [2.24, 2.45) is 5.10 Å². The average molecular weight is 158 g/mol. The van der Waals surface area contributed by atoms with Crippen molar-refractivity contribution in [3.8, 4) is 0 Å². The minimum Gasteiger partial charge on any atom is -0.286 e. The van der Waals surface area contributed by atoms with Gasteiger partial charge in [-0.15, -0.1) is 0 Å². The van der Waals surface area contributed by atoms with Gasteiger partial charge >= 0.3 is 0 Å².